The van der Waals surface area contributed by atoms with Crippen molar-refractivity contribution in [2.75, 3.05) is 5.75 Å². The maximum atomic E-state index is 12.9. The van der Waals surface area contributed by atoms with Crippen molar-refractivity contribution in [2.24, 2.45) is 0 Å². The highest BCUT2D eigenvalue weighted by molar-refractivity contribution is 7.99. The quantitative estimate of drug-likeness (QED) is 0.393. The van der Waals surface area contributed by atoms with Gasteiger partial charge in [0.1, 0.15) is 0 Å². The Hall–Kier alpha value is -3.16. The van der Waals surface area contributed by atoms with E-state index in [9.17, 15) is 4.79 Å². The molecule has 32 heavy (non-hydrogen) atoms. The van der Waals surface area contributed by atoms with Crippen LogP contribution in [0.5, 0.6) is 0 Å². The average molecular weight is 464 g/mol. The van der Waals surface area contributed by atoms with Crippen LogP contribution in [0.3, 0.4) is 0 Å². The third kappa shape index (κ3) is 5.00. The molecule has 4 aromatic rings. The van der Waals surface area contributed by atoms with Crippen molar-refractivity contribution >= 4 is 29.3 Å². The van der Waals surface area contributed by atoms with Crippen LogP contribution in [-0.4, -0.2) is 31.9 Å². The molecule has 0 saturated heterocycles. The summed E-state index contributed by atoms with van der Waals surface area (Å²) in [5, 5.41) is 16.4. The molecule has 4 rings (SSSR count). The summed E-state index contributed by atoms with van der Waals surface area (Å²) < 4.78 is 1.69. The predicted octanol–water partition coefficient (Wildman–Crippen LogP) is 4.93. The number of nitrogens with zero attached hydrogens (tertiary/aromatic N) is 4. The third-order valence-corrected chi connectivity index (χ3v) is 6.24. The molecular formula is C24H22ClN5OS. The van der Waals surface area contributed by atoms with Crippen molar-refractivity contribution in [3.8, 4) is 5.69 Å². The predicted molar refractivity (Wildman–Crippen MR) is 127 cm³/mol. The zero-order valence-electron chi connectivity index (χ0n) is 17.7. The summed E-state index contributed by atoms with van der Waals surface area (Å²) in [5.41, 5.74) is 5.02. The molecule has 1 aromatic heterocycles. The Balaban J connectivity index is 1.51. The molecule has 0 aliphatic heterocycles. The maximum absolute atomic E-state index is 12.9. The molecule has 0 bridgehead atoms. The Morgan fingerprint density at radius 1 is 0.969 bits per heavy atom. The number of rotatable bonds is 7. The van der Waals surface area contributed by atoms with Gasteiger partial charge in [0, 0.05) is 5.02 Å². The number of carbonyl (C=O) groups is 1. The fourth-order valence-corrected chi connectivity index (χ4v) is 4.36. The molecular weight excluding hydrogens is 442 g/mol. The monoisotopic (exact) mass is 463 g/mol. The molecule has 1 heterocycles. The van der Waals surface area contributed by atoms with E-state index in [0.717, 1.165) is 27.9 Å². The lowest BCUT2D eigenvalue weighted by atomic mass is 9.99. The summed E-state index contributed by atoms with van der Waals surface area (Å²) >= 11 is 7.35. The van der Waals surface area contributed by atoms with E-state index in [0.29, 0.717) is 10.2 Å². The number of nitrogens with one attached hydrogen (secondary N) is 1. The highest BCUT2D eigenvalue weighted by Crippen LogP contribution is 2.26. The van der Waals surface area contributed by atoms with Crippen LogP contribution in [0.4, 0.5) is 0 Å². The molecule has 1 amide bonds. The third-order valence-electron chi connectivity index (χ3n) is 5.07. The zero-order valence-corrected chi connectivity index (χ0v) is 19.3. The summed E-state index contributed by atoms with van der Waals surface area (Å²) in [7, 11) is 0. The zero-order chi connectivity index (χ0) is 22.5. The Labute approximate surface area is 196 Å². The minimum absolute atomic E-state index is 0.116. The number of aryl methyl sites for hydroxylation is 2. The van der Waals surface area contributed by atoms with Crippen LogP contribution in [0.15, 0.2) is 78.0 Å². The number of aromatic nitrogens is 4. The van der Waals surface area contributed by atoms with E-state index in [4.69, 9.17) is 11.6 Å². The summed E-state index contributed by atoms with van der Waals surface area (Å²) in [4.78, 5) is 12.9. The molecule has 1 N–H and O–H groups in total. The molecule has 162 valence electrons. The molecule has 8 heteroatoms. The Morgan fingerprint density at radius 3 is 2.31 bits per heavy atom. The van der Waals surface area contributed by atoms with Gasteiger partial charge in [-0.3, -0.25) is 4.79 Å². The number of amides is 1. The molecule has 0 aliphatic rings. The lowest BCUT2D eigenvalue weighted by Gasteiger charge is -2.20. The standard InChI is InChI=1S/C24H22ClN5OS/c1-16-7-6-8-17(2)23(16)30-24(27-28-29-30)32-15-21(31)26-22(18-9-4-3-5-10-18)19-11-13-20(25)14-12-19/h3-14,22H,15H2,1-2H3,(H,26,31)/t22-/m1/s1. The number of hydrogen-bond acceptors (Lipinski definition) is 5. The Morgan fingerprint density at radius 2 is 1.62 bits per heavy atom. The molecule has 6 nitrogen and oxygen atoms in total. The van der Waals surface area contributed by atoms with E-state index < -0.39 is 0 Å². The lowest BCUT2D eigenvalue weighted by molar-refractivity contribution is -0.119. The first-order valence-electron chi connectivity index (χ1n) is 10.1. The van der Waals surface area contributed by atoms with Crippen molar-refractivity contribution in [3.05, 3.63) is 100 Å². The van der Waals surface area contributed by atoms with Gasteiger partial charge < -0.3 is 5.32 Å². The maximum Gasteiger partial charge on any atom is 0.231 e. The van der Waals surface area contributed by atoms with E-state index in [1.165, 1.54) is 11.8 Å². The number of tetrazole rings is 1. The van der Waals surface area contributed by atoms with Crippen molar-refractivity contribution in [1.29, 1.82) is 0 Å². The molecule has 0 fully saturated rings. The average Bonchev–Trinajstić information content (AvgIpc) is 3.25. The fraction of sp³-hybridized carbons (Fsp3) is 0.167. The van der Waals surface area contributed by atoms with Gasteiger partial charge in [-0.15, -0.1) is 5.10 Å². The molecule has 0 unspecified atom stereocenters. The number of thioether (sulfide) groups is 1. The second kappa shape index (κ2) is 9.97. The van der Waals surface area contributed by atoms with E-state index in [2.05, 4.69) is 20.8 Å². The fourth-order valence-electron chi connectivity index (χ4n) is 3.54. The molecule has 0 spiro atoms. The number of para-hydroxylation sites is 1. The van der Waals surface area contributed by atoms with Crippen LogP contribution >= 0.6 is 23.4 Å². The van der Waals surface area contributed by atoms with Gasteiger partial charge in [-0.1, -0.05) is 84.0 Å². The number of hydrogen-bond donors (Lipinski definition) is 1. The van der Waals surface area contributed by atoms with Gasteiger partial charge in [-0.05, 0) is 58.7 Å². The Kier molecular flexibility index (Phi) is 6.87. The number of carbonyl (C=O) groups excluding carboxylic acids is 1. The lowest BCUT2D eigenvalue weighted by Crippen LogP contribution is -2.30. The van der Waals surface area contributed by atoms with Gasteiger partial charge in [0.15, 0.2) is 0 Å². The number of benzene rings is 3. The van der Waals surface area contributed by atoms with Gasteiger partial charge >= 0.3 is 0 Å². The van der Waals surface area contributed by atoms with Crippen LogP contribution < -0.4 is 5.32 Å². The van der Waals surface area contributed by atoms with Crippen molar-refractivity contribution in [2.45, 2.75) is 25.0 Å². The van der Waals surface area contributed by atoms with Crippen LogP contribution in [0.2, 0.25) is 5.02 Å². The minimum atomic E-state index is -0.281. The smallest absolute Gasteiger partial charge is 0.231 e. The minimum Gasteiger partial charge on any atom is -0.344 e. The van der Waals surface area contributed by atoms with Crippen LogP contribution in [0.1, 0.15) is 28.3 Å². The first-order chi connectivity index (χ1) is 15.5. The van der Waals surface area contributed by atoms with E-state index in [1.807, 2.05) is 86.6 Å². The molecule has 1 atom stereocenters. The van der Waals surface area contributed by atoms with Gasteiger partial charge in [0.05, 0.1) is 17.5 Å². The van der Waals surface area contributed by atoms with E-state index in [-0.39, 0.29) is 17.7 Å². The van der Waals surface area contributed by atoms with E-state index in [1.54, 1.807) is 4.68 Å². The summed E-state index contributed by atoms with van der Waals surface area (Å²) in [6.45, 7) is 4.03. The van der Waals surface area contributed by atoms with Gasteiger partial charge in [0.2, 0.25) is 11.1 Å². The SMILES string of the molecule is Cc1cccc(C)c1-n1nnnc1SCC(=O)N[C@H](c1ccccc1)c1ccc(Cl)cc1. The number of halogens is 1. The van der Waals surface area contributed by atoms with Crippen LogP contribution in [0.25, 0.3) is 5.69 Å². The highest BCUT2D eigenvalue weighted by atomic mass is 35.5. The first kappa shape index (κ1) is 22.0. The van der Waals surface area contributed by atoms with E-state index >= 15 is 0 Å². The largest absolute Gasteiger partial charge is 0.344 e. The second-order valence-electron chi connectivity index (χ2n) is 7.37. The summed E-state index contributed by atoms with van der Waals surface area (Å²) in [5.74, 6) is 0.0669. The van der Waals surface area contributed by atoms with Crippen LogP contribution in [0, 0.1) is 13.8 Å². The summed E-state index contributed by atoms with van der Waals surface area (Å²) in [6.07, 6.45) is 0. The molecule has 0 aliphatic carbocycles. The molecule has 0 radical (unpaired) electrons. The molecule has 3 aromatic carbocycles. The highest BCUT2D eigenvalue weighted by Gasteiger charge is 2.19. The topological polar surface area (TPSA) is 72.7 Å². The second-order valence-corrected chi connectivity index (χ2v) is 8.74. The van der Waals surface area contributed by atoms with Crippen molar-refractivity contribution in [1.82, 2.24) is 25.5 Å². The molecule has 0 saturated carbocycles. The normalized spacial score (nSPS) is 11.8. The van der Waals surface area contributed by atoms with Gasteiger partial charge in [-0.25, -0.2) is 0 Å². The summed E-state index contributed by atoms with van der Waals surface area (Å²) in [6, 6.07) is 23.1. The Bertz CT molecular complexity index is 1190. The van der Waals surface area contributed by atoms with Crippen molar-refractivity contribution in [3.63, 3.8) is 0 Å². The van der Waals surface area contributed by atoms with Gasteiger partial charge in [0.25, 0.3) is 0 Å². The van der Waals surface area contributed by atoms with Crippen LogP contribution in [-0.2, 0) is 4.79 Å². The van der Waals surface area contributed by atoms with Crippen molar-refractivity contribution < 1.29 is 4.79 Å². The first-order valence-corrected chi connectivity index (χ1v) is 11.5. The van der Waals surface area contributed by atoms with Gasteiger partial charge in [-0.2, -0.15) is 4.68 Å².